The van der Waals surface area contributed by atoms with Crippen molar-refractivity contribution in [2.45, 2.75) is 17.7 Å². The van der Waals surface area contributed by atoms with Gasteiger partial charge >= 0.3 is 11.9 Å². The van der Waals surface area contributed by atoms with Crippen LogP contribution < -0.4 is 0 Å². The molecule has 1 rings (SSSR count). The monoisotopic (exact) mass is 246 g/mol. The molecule has 0 heterocycles. The minimum Gasteiger partial charge on any atom is -0.461 e. The Kier molecular flexibility index (Phi) is 4.29. The smallest absolute Gasteiger partial charge is 0.381 e. The highest BCUT2D eigenvalue weighted by atomic mass is 32.2. The Balaban J connectivity index is 2.93. The number of rotatable bonds is 4. The van der Waals surface area contributed by atoms with E-state index in [9.17, 15) is 13.6 Å². The zero-order valence-corrected chi connectivity index (χ0v) is 9.81. The molecule has 0 saturated heterocycles. The molecule has 0 saturated carbocycles. The number of carbonyl (C=O) groups is 1. The lowest BCUT2D eigenvalue weighted by molar-refractivity contribution is -0.173. The van der Waals surface area contributed by atoms with Crippen LogP contribution >= 0.6 is 11.8 Å². The predicted molar refractivity (Wildman–Crippen MR) is 58.8 cm³/mol. The van der Waals surface area contributed by atoms with Gasteiger partial charge in [0.15, 0.2) is 0 Å². The van der Waals surface area contributed by atoms with Crippen molar-refractivity contribution in [1.29, 1.82) is 0 Å². The van der Waals surface area contributed by atoms with Gasteiger partial charge in [0.05, 0.1) is 6.61 Å². The molecular weight excluding hydrogens is 234 g/mol. The van der Waals surface area contributed by atoms with E-state index in [2.05, 4.69) is 4.74 Å². The average molecular weight is 246 g/mol. The van der Waals surface area contributed by atoms with Gasteiger partial charge < -0.3 is 4.74 Å². The fourth-order valence-electron chi connectivity index (χ4n) is 1.14. The molecule has 0 aliphatic rings. The maximum Gasteiger partial charge on any atom is 0.381 e. The van der Waals surface area contributed by atoms with Crippen molar-refractivity contribution < 1.29 is 18.3 Å². The van der Waals surface area contributed by atoms with Crippen molar-refractivity contribution in [2.24, 2.45) is 0 Å². The fraction of sp³-hybridized carbons (Fsp3) is 0.364. The predicted octanol–water partition coefficient (Wildman–Crippen LogP) is 3.06. The summed E-state index contributed by atoms with van der Waals surface area (Å²) in [7, 11) is 0. The van der Waals surface area contributed by atoms with E-state index in [4.69, 9.17) is 0 Å². The second kappa shape index (κ2) is 5.30. The Morgan fingerprint density at radius 2 is 1.94 bits per heavy atom. The highest BCUT2D eigenvalue weighted by Crippen LogP contribution is 2.30. The van der Waals surface area contributed by atoms with E-state index in [0.717, 1.165) is 4.90 Å². The third kappa shape index (κ3) is 2.72. The van der Waals surface area contributed by atoms with Crippen molar-refractivity contribution in [1.82, 2.24) is 0 Å². The minimum atomic E-state index is -3.58. The van der Waals surface area contributed by atoms with Crippen LogP contribution in [0.3, 0.4) is 0 Å². The molecule has 0 spiro atoms. The second-order valence-corrected chi connectivity index (χ2v) is 3.90. The average Bonchev–Trinajstić information content (AvgIpc) is 2.29. The maximum absolute atomic E-state index is 13.5. The second-order valence-electron chi connectivity index (χ2n) is 3.02. The van der Waals surface area contributed by atoms with Gasteiger partial charge in [0, 0.05) is 10.5 Å². The summed E-state index contributed by atoms with van der Waals surface area (Å²) in [6.07, 6.45) is 1.85. The van der Waals surface area contributed by atoms with Gasteiger partial charge in [-0.25, -0.2) is 4.79 Å². The molecule has 0 aliphatic heterocycles. The molecule has 2 nitrogen and oxygen atoms in total. The number of ether oxygens (including phenoxy) is 1. The lowest BCUT2D eigenvalue weighted by Gasteiger charge is -2.14. The normalized spacial score (nSPS) is 11.2. The highest BCUT2D eigenvalue weighted by Gasteiger charge is 2.42. The summed E-state index contributed by atoms with van der Waals surface area (Å²) in [5.41, 5.74) is -0.344. The summed E-state index contributed by atoms with van der Waals surface area (Å²) in [6.45, 7) is 1.43. The summed E-state index contributed by atoms with van der Waals surface area (Å²) in [4.78, 5) is 11.9. The molecule has 0 aliphatic carbocycles. The summed E-state index contributed by atoms with van der Waals surface area (Å²) < 4.78 is 31.3. The molecule has 0 radical (unpaired) electrons. The van der Waals surface area contributed by atoms with Crippen molar-refractivity contribution >= 4 is 17.7 Å². The zero-order valence-electron chi connectivity index (χ0n) is 9.00. The third-order valence-corrected chi connectivity index (χ3v) is 2.73. The van der Waals surface area contributed by atoms with Gasteiger partial charge in [-0.15, -0.1) is 11.8 Å². The van der Waals surface area contributed by atoms with E-state index in [1.165, 1.54) is 30.8 Å². The molecule has 0 amide bonds. The van der Waals surface area contributed by atoms with E-state index in [1.54, 1.807) is 12.1 Å². The lowest BCUT2D eigenvalue weighted by Crippen LogP contribution is -2.28. The van der Waals surface area contributed by atoms with Crippen molar-refractivity contribution in [3.05, 3.63) is 29.8 Å². The molecule has 0 atom stereocenters. The van der Waals surface area contributed by atoms with Crippen LogP contribution in [0.2, 0.25) is 0 Å². The van der Waals surface area contributed by atoms with Gasteiger partial charge in [0.25, 0.3) is 0 Å². The Labute approximate surface area is 97.0 Å². The van der Waals surface area contributed by atoms with Crippen LogP contribution in [0.1, 0.15) is 12.5 Å². The van der Waals surface area contributed by atoms with Crippen molar-refractivity contribution in [2.75, 3.05) is 12.9 Å². The van der Waals surface area contributed by atoms with Gasteiger partial charge in [-0.05, 0) is 25.3 Å². The quantitative estimate of drug-likeness (QED) is 0.603. The standard InChI is InChI=1S/C11H12F2O2S/c1-3-15-10(14)11(12,13)8-4-6-9(16-2)7-5-8/h4-7H,3H2,1-2H3. The number of alkyl halides is 2. The number of thioether (sulfide) groups is 1. The first-order chi connectivity index (χ1) is 7.52. The molecule has 0 N–H and O–H groups in total. The van der Waals surface area contributed by atoms with E-state index < -0.39 is 11.9 Å². The van der Waals surface area contributed by atoms with E-state index in [0.29, 0.717) is 0 Å². The molecule has 88 valence electrons. The van der Waals surface area contributed by atoms with Crippen LogP contribution in [0.4, 0.5) is 8.78 Å². The Morgan fingerprint density at radius 3 is 2.38 bits per heavy atom. The number of benzene rings is 1. The first-order valence-corrected chi connectivity index (χ1v) is 5.94. The molecule has 1 aromatic carbocycles. The molecule has 16 heavy (non-hydrogen) atoms. The topological polar surface area (TPSA) is 26.3 Å². The first-order valence-electron chi connectivity index (χ1n) is 4.72. The number of hydrogen-bond acceptors (Lipinski definition) is 3. The van der Waals surface area contributed by atoms with Gasteiger partial charge in [0.1, 0.15) is 0 Å². The summed E-state index contributed by atoms with van der Waals surface area (Å²) in [5.74, 6) is -5.08. The largest absolute Gasteiger partial charge is 0.461 e. The maximum atomic E-state index is 13.5. The van der Waals surface area contributed by atoms with Gasteiger partial charge in [-0.3, -0.25) is 0 Å². The van der Waals surface area contributed by atoms with E-state index in [1.807, 2.05) is 6.26 Å². The van der Waals surface area contributed by atoms with E-state index in [-0.39, 0.29) is 12.2 Å². The molecule has 0 bridgehead atoms. The summed E-state index contributed by atoms with van der Waals surface area (Å²) in [6, 6.07) is 5.58. The first kappa shape index (κ1) is 13.0. The van der Waals surface area contributed by atoms with Crippen LogP contribution in [0, 0.1) is 0 Å². The van der Waals surface area contributed by atoms with Crippen LogP contribution in [-0.4, -0.2) is 18.8 Å². The molecule has 0 fully saturated rings. The van der Waals surface area contributed by atoms with Gasteiger partial charge in [-0.2, -0.15) is 8.78 Å². The zero-order chi connectivity index (χ0) is 12.2. The summed E-state index contributed by atoms with van der Waals surface area (Å²) >= 11 is 1.45. The Bertz CT molecular complexity index is 363. The van der Waals surface area contributed by atoms with Crippen LogP contribution in [0.5, 0.6) is 0 Å². The summed E-state index contributed by atoms with van der Waals surface area (Å²) in [5, 5.41) is 0. The third-order valence-electron chi connectivity index (χ3n) is 1.98. The molecule has 5 heteroatoms. The molecule has 0 aromatic heterocycles. The SMILES string of the molecule is CCOC(=O)C(F)(F)c1ccc(SC)cc1. The van der Waals surface area contributed by atoms with Gasteiger partial charge in [0.2, 0.25) is 0 Å². The molecular formula is C11H12F2O2S. The number of hydrogen-bond donors (Lipinski definition) is 0. The number of halogens is 2. The minimum absolute atomic E-state index is 0.0582. The van der Waals surface area contributed by atoms with Gasteiger partial charge in [-0.1, -0.05) is 12.1 Å². The van der Waals surface area contributed by atoms with E-state index >= 15 is 0 Å². The van der Waals surface area contributed by atoms with Crippen LogP contribution in [-0.2, 0) is 15.5 Å². The highest BCUT2D eigenvalue weighted by molar-refractivity contribution is 7.98. The fourth-order valence-corrected chi connectivity index (χ4v) is 1.55. The van der Waals surface area contributed by atoms with Crippen molar-refractivity contribution in [3.8, 4) is 0 Å². The van der Waals surface area contributed by atoms with Crippen molar-refractivity contribution in [3.63, 3.8) is 0 Å². The van der Waals surface area contributed by atoms with Crippen LogP contribution in [0.25, 0.3) is 0 Å². The van der Waals surface area contributed by atoms with Crippen LogP contribution in [0.15, 0.2) is 29.2 Å². The Hall–Kier alpha value is -1.10. The molecule has 0 unspecified atom stereocenters. The lowest BCUT2D eigenvalue weighted by atomic mass is 10.1. The number of carbonyl (C=O) groups excluding carboxylic acids is 1. The Morgan fingerprint density at radius 1 is 1.38 bits per heavy atom. The number of esters is 1. The molecule has 1 aromatic rings.